The van der Waals surface area contributed by atoms with Gasteiger partial charge in [0.15, 0.2) is 0 Å². The van der Waals surface area contributed by atoms with Gasteiger partial charge >= 0.3 is 0 Å². The van der Waals surface area contributed by atoms with Crippen LogP contribution in [0.25, 0.3) is 0 Å². The normalized spacial score (nSPS) is 16.6. The summed E-state index contributed by atoms with van der Waals surface area (Å²) in [6.45, 7) is 5.15. The number of hydrogen-bond donors (Lipinski definition) is 1. The molecule has 0 amide bonds. The van der Waals surface area contributed by atoms with Crippen molar-refractivity contribution in [2.24, 2.45) is 0 Å². The highest BCUT2D eigenvalue weighted by Crippen LogP contribution is 2.26. The summed E-state index contributed by atoms with van der Waals surface area (Å²) in [5.74, 6) is 0.966. The quantitative estimate of drug-likeness (QED) is 0.801. The molecule has 2 rings (SSSR count). The molecule has 100 valence electrons. The van der Waals surface area contributed by atoms with Crippen LogP contribution < -0.4 is 10.1 Å². The molecule has 1 fully saturated rings. The molecule has 0 aromatic heterocycles. The fourth-order valence-corrected chi connectivity index (χ4v) is 2.22. The standard InChI is InChI=1S/C15H22ClNO/c1-3-4-11(2)18-15-8-5-13(16)9-12(15)10-17-14-6-7-14/h5,8-9,11,14,17H,3-4,6-7,10H2,1-2H3. The zero-order chi connectivity index (χ0) is 13.0. The topological polar surface area (TPSA) is 21.3 Å². The summed E-state index contributed by atoms with van der Waals surface area (Å²) in [4.78, 5) is 0. The Bertz CT molecular complexity index is 390. The predicted molar refractivity (Wildman–Crippen MR) is 76.3 cm³/mol. The van der Waals surface area contributed by atoms with Crippen LogP contribution in [0.2, 0.25) is 5.02 Å². The predicted octanol–water partition coefficient (Wildman–Crippen LogP) is 4.16. The largest absolute Gasteiger partial charge is 0.490 e. The van der Waals surface area contributed by atoms with E-state index in [1.807, 2.05) is 18.2 Å². The van der Waals surface area contributed by atoms with Gasteiger partial charge in [-0.1, -0.05) is 24.9 Å². The molecule has 0 bridgehead atoms. The van der Waals surface area contributed by atoms with E-state index < -0.39 is 0 Å². The van der Waals surface area contributed by atoms with Crippen molar-refractivity contribution in [3.63, 3.8) is 0 Å². The molecular formula is C15H22ClNO. The Morgan fingerprint density at radius 1 is 1.44 bits per heavy atom. The summed E-state index contributed by atoms with van der Waals surface area (Å²) < 4.78 is 5.99. The van der Waals surface area contributed by atoms with Crippen LogP contribution in [0.4, 0.5) is 0 Å². The van der Waals surface area contributed by atoms with Gasteiger partial charge in [0.1, 0.15) is 5.75 Å². The van der Waals surface area contributed by atoms with Crippen molar-refractivity contribution in [1.29, 1.82) is 0 Å². The number of rotatable bonds is 7. The lowest BCUT2D eigenvalue weighted by molar-refractivity contribution is 0.207. The first-order valence-corrected chi connectivity index (χ1v) is 7.25. The average Bonchev–Trinajstić information content (AvgIpc) is 3.14. The molecule has 1 N–H and O–H groups in total. The van der Waals surface area contributed by atoms with E-state index in [-0.39, 0.29) is 6.10 Å². The van der Waals surface area contributed by atoms with E-state index in [1.165, 1.54) is 12.8 Å². The molecule has 1 aromatic rings. The Balaban J connectivity index is 2.01. The summed E-state index contributed by atoms with van der Waals surface area (Å²) in [6.07, 6.45) is 5.07. The fourth-order valence-electron chi connectivity index (χ4n) is 2.03. The van der Waals surface area contributed by atoms with Crippen molar-refractivity contribution < 1.29 is 4.74 Å². The fraction of sp³-hybridized carbons (Fsp3) is 0.600. The molecule has 0 radical (unpaired) electrons. The molecule has 0 heterocycles. The highest BCUT2D eigenvalue weighted by atomic mass is 35.5. The maximum absolute atomic E-state index is 6.06. The van der Waals surface area contributed by atoms with Gasteiger partial charge in [-0.2, -0.15) is 0 Å². The van der Waals surface area contributed by atoms with Crippen molar-refractivity contribution in [3.05, 3.63) is 28.8 Å². The van der Waals surface area contributed by atoms with Crippen LogP contribution in [0, 0.1) is 0 Å². The summed E-state index contributed by atoms with van der Waals surface area (Å²) in [5.41, 5.74) is 1.16. The summed E-state index contributed by atoms with van der Waals surface area (Å²) >= 11 is 6.06. The summed E-state index contributed by atoms with van der Waals surface area (Å²) in [6, 6.07) is 6.59. The number of ether oxygens (including phenoxy) is 1. The van der Waals surface area contributed by atoms with Crippen LogP contribution in [0.15, 0.2) is 18.2 Å². The smallest absolute Gasteiger partial charge is 0.124 e. The lowest BCUT2D eigenvalue weighted by Gasteiger charge is -2.17. The number of halogens is 1. The highest BCUT2D eigenvalue weighted by molar-refractivity contribution is 6.30. The van der Waals surface area contributed by atoms with E-state index in [1.54, 1.807) is 0 Å². The molecule has 0 spiro atoms. The molecule has 1 unspecified atom stereocenters. The van der Waals surface area contributed by atoms with E-state index in [0.717, 1.165) is 35.7 Å². The molecule has 0 aliphatic heterocycles. The number of benzene rings is 1. The van der Waals surface area contributed by atoms with E-state index in [2.05, 4.69) is 19.2 Å². The van der Waals surface area contributed by atoms with Crippen molar-refractivity contribution in [2.45, 2.75) is 58.2 Å². The molecule has 1 aromatic carbocycles. The van der Waals surface area contributed by atoms with Crippen LogP contribution in [0.3, 0.4) is 0 Å². The third-order valence-corrected chi connectivity index (χ3v) is 3.44. The maximum atomic E-state index is 6.06. The third-order valence-electron chi connectivity index (χ3n) is 3.20. The second kappa shape index (κ2) is 6.44. The molecule has 1 atom stereocenters. The molecule has 0 saturated heterocycles. The Hall–Kier alpha value is -0.730. The van der Waals surface area contributed by atoms with Gasteiger partial charge in [-0.15, -0.1) is 0 Å². The molecule has 1 saturated carbocycles. The van der Waals surface area contributed by atoms with Gasteiger partial charge in [0, 0.05) is 23.2 Å². The minimum atomic E-state index is 0.260. The minimum absolute atomic E-state index is 0.260. The van der Waals surface area contributed by atoms with Crippen LogP contribution in [-0.2, 0) is 6.54 Å². The monoisotopic (exact) mass is 267 g/mol. The van der Waals surface area contributed by atoms with Crippen molar-refractivity contribution >= 4 is 11.6 Å². The Labute approximate surface area is 115 Å². The maximum Gasteiger partial charge on any atom is 0.124 e. The molecular weight excluding hydrogens is 246 g/mol. The van der Waals surface area contributed by atoms with Gasteiger partial charge in [-0.05, 0) is 44.4 Å². The zero-order valence-electron chi connectivity index (χ0n) is 11.2. The van der Waals surface area contributed by atoms with E-state index in [0.29, 0.717) is 6.04 Å². The second-order valence-electron chi connectivity index (χ2n) is 5.12. The second-order valence-corrected chi connectivity index (χ2v) is 5.56. The Kier molecular flexibility index (Phi) is 4.90. The van der Waals surface area contributed by atoms with Crippen molar-refractivity contribution in [2.75, 3.05) is 0 Å². The molecule has 1 aliphatic carbocycles. The first-order chi connectivity index (χ1) is 8.69. The van der Waals surface area contributed by atoms with Crippen molar-refractivity contribution in [1.82, 2.24) is 5.32 Å². The number of nitrogens with one attached hydrogen (secondary N) is 1. The lowest BCUT2D eigenvalue weighted by Crippen LogP contribution is -2.18. The third kappa shape index (κ3) is 4.18. The summed E-state index contributed by atoms with van der Waals surface area (Å²) in [5, 5.41) is 4.28. The SMILES string of the molecule is CCCC(C)Oc1ccc(Cl)cc1CNC1CC1. The van der Waals surface area contributed by atoms with Crippen LogP contribution >= 0.6 is 11.6 Å². The Morgan fingerprint density at radius 3 is 2.89 bits per heavy atom. The van der Waals surface area contributed by atoms with E-state index in [4.69, 9.17) is 16.3 Å². The van der Waals surface area contributed by atoms with Gasteiger partial charge in [0.2, 0.25) is 0 Å². The van der Waals surface area contributed by atoms with Gasteiger partial charge in [0.25, 0.3) is 0 Å². The minimum Gasteiger partial charge on any atom is -0.490 e. The van der Waals surface area contributed by atoms with E-state index >= 15 is 0 Å². The average molecular weight is 268 g/mol. The van der Waals surface area contributed by atoms with Crippen LogP contribution in [-0.4, -0.2) is 12.1 Å². The van der Waals surface area contributed by atoms with Crippen LogP contribution in [0.1, 0.15) is 45.1 Å². The van der Waals surface area contributed by atoms with E-state index in [9.17, 15) is 0 Å². The molecule has 2 nitrogen and oxygen atoms in total. The first-order valence-electron chi connectivity index (χ1n) is 6.87. The molecule has 3 heteroatoms. The van der Waals surface area contributed by atoms with Crippen molar-refractivity contribution in [3.8, 4) is 5.75 Å². The highest BCUT2D eigenvalue weighted by Gasteiger charge is 2.20. The Morgan fingerprint density at radius 2 is 2.22 bits per heavy atom. The van der Waals surface area contributed by atoms with Gasteiger partial charge in [-0.3, -0.25) is 0 Å². The number of hydrogen-bond acceptors (Lipinski definition) is 2. The molecule has 1 aliphatic rings. The van der Waals surface area contributed by atoms with Gasteiger partial charge < -0.3 is 10.1 Å². The zero-order valence-corrected chi connectivity index (χ0v) is 12.0. The van der Waals surface area contributed by atoms with Gasteiger partial charge in [-0.25, -0.2) is 0 Å². The van der Waals surface area contributed by atoms with Gasteiger partial charge in [0.05, 0.1) is 6.10 Å². The molecule has 18 heavy (non-hydrogen) atoms. The lowest BCUT2D eigenvalue weighted by atomic mass is 10.2. The van der Waals surface area contributed by atoms with Crippen LogP contribution in [0.5, 0.6) is 5.75 Å². The summed E-state index contributed by atoms with van der Waals surface area (Å²) in [7, 11) is 0. The first kappa shape index (κ1) is 13.7.